The Bertz CT molecular complexity index is 996. The predicted octanol–water partition coefficient (Wildman–Crippen LogP) is 4.14. The number of amides is 1. The molecule has 8 nitrogen and oxygen atoms in total. The highest BCUT2D eigenvalue weighted by atomic mass is 35.5. The van der Waals surface area contributed by atoms with Crippen LogP contribution in [0.2, 0.25) is 0 Å². The number of alkyl halides is 1. The van der Waals surface area contributed by atoms with E-state index in [-0.39, 0.29) is 17.5 Å². The van der Waals surface area contributed by atoms with Crippen LogP contribution in [0, 0.1) is 5.82 Å². The molecule has 2 heterocycles. The van der Waals surface area contributed by atoms with Crippen molar-refractivity contribution < 1.29 is 13.9 Å². The van der Waals surface area contributed by atoms with Crippen LogP contribution in [0.1, 0.15) is 51.4 Å². The predicted molar refractivity (Wildman–Crippen MR) is 138 cm³/mol. The van der Waals surface area contributed by atoms with Gasteiger partial charge in [0.05, 0.1) is 12.6 Å². The van der Waals surface area contributed by atoms with Gasteiger partial charge in [0.1, 0.15) is 11.7 Å². The monoisotopic (exact) mass is 506 g/mol. The lowest BCUT2D eigenvalue weighted by Crippen LogP contribution is -2.45. The number of hydrogen-bond donors (Lipinski definition) is 3. The van der Waals surface area contributed by atoms with Crippen molar-refractivity contribution in [2.24, 2.45) is 0 Å². The summed E-state index contributed by atoms with van der Waals surface area (Å²) in [5.41, 5.74) is 0.512. The molecule has 1 saturated carbocycles. The minimum absolute atomic E-state index is 0.0507. The molecule has 0 bridgehead atoms. The number of fused-ring (bicyclic) bond motifs is 1. The van der Waals surface area contributed by atoms with E-state index in [1.54, 1.807) is 6.07 Å². The Hall–Kier alpha value is -2.39. The van der Waals surface area contributed by atoms with Crippen LogP contribution in [0.4, 0.5) is 16.2 Å². The minimum Gasteiger partial charge on any atom is -0.494 e. The molecule has 0 unspecified atom stereocenters. The number of benzene rings is 1. The van der Waals surface area contributed by atoms with E-state index in [2.05, 4.69) is 25.8 Å². The van der Waals surface area contributed by atoms with E-state index in [0.29, 0.717) is 42.8 Å². The van der Waals surface area contributed by atoms with E-state index >= 15 is 0 Å². The number of rotatable bonds is 10. The van der Waals surface area contributed by atoms with Crippen LogP contribution in [0.5, 0.6) is 5.75 Å². The molecule has 3 N–H and O–H groups in total. The van der Waals surface area contributed by atoms with Gasteiger partial charge in [-0.15, -0.1) is 11.6 Å². The number of nitrogens with one attached hydrogen (secondary N) is 3. The van der Waals surface area contributed by atoms with Crippen molar-refractivity contribution in [3.05, 3.63) is 17.9 Å². The summed E-state index contributed by atoms with van der Waals surface area (Å²) in [4.78, 5) is 23.2. The summed E-state index contributed by atoms with van der Waals surface area (Å²) < 4.78 is 19.6. The van der Waals surface area contributed by atoms with Gasteiger partial charge in [0.2, 0.25) is 11.9 Å². The maximum atomic E-state index is 14.4. The SMILES string of the molecule is COc1cc2c(NC3CCN(C4CCCCC4)CC3)nc(NCCCNC(=O)CCl)nc2cc1F. The summed E-state index contributed by atoms with van der Waals surface area (Å²) in [5.74, 6) is 0.576. The molecule has 1 aliphatic carbocycles. The highest BCUT2D eigenvalue weighted by molar-refractivity contribution is 6.27. The molecule has 2 aliphatic rings. The topological polar surface area (TPSA) is 91.4 Å². The average Bonchev–Trinajstić information content (AvgIpc) is 2.89. The third-order valence-corrected chi connectivity index (χ3v) is 7.25. The van der Waals surface area contributed by atoms with Crippen molar-refractivity contribution in [2.75, 3.05) is 49.8 Å². The molecule has 1 aromatic carbocycles. The number of methoxy groups -OCH3 is 1. The maximum absolute atomic E-state index is 14.4. The zero-order chi connectivity index (χ0) is 24.6. The Balaban J connectivity index is 1.44. The number of carbonyl (C=O) groups is 1. The van der Waals surface area contributed by atoms with Gasteiger partial charge in [-0.2, -0.15) is 4.98 Å². The quantitative estimate of drug-likeness (QED) is 0.329. The van der Waals surface area contributed by atoms with E-state index in [9.17, 15) is 9.18 Å². The molecule has 192 valence electrons. The standard InChI is InChI=1S/C25H36ClFN6O2/c1-35-22-14-19-21(15-20(22)27)31-25(29-11-5-10-28-23(34)16-26)32-24(19)30-17-8-12-33(13-9-17)18-6-3-2-4-7-18/h14-15,17-18H,2-13,16H2,1H3,(H,28,34)(H2,29,30,31,32). The summed E-state index contributed by atoms with van der Waals surface area (Å²) in [6.45, 7) is 3.24. The number of halogens is 2. The number of likely N-dealkylation sites (tertiary alicyclic amines) is 1. The first kappa shape index (κ1) is 25.7. The van der Waals surface area contributed by atoms with Crippen molar-refractivity contribution >= 4 is 40.2 Å². The molecule has 1 aromatic heterocycles. The molecule has 2 fully saturated rings. The van der Waals surface area contributed by atoms with Crippen molar-refractivity contribution in [2.45, 2.75) is 63.5 Å². The molecule has 0 spiro atoms. The molecule has 2 aromatic rings. The maximum Gasteiger partial charge on any atom is 0.234 e. The molecule has 1 aliphatic heterocycles. The fourth-order valence-electron chi connectivity index (χ4n) is 5.09. The summed E-state index contributed by atoms with van der Waals surface area (Å²) in [6.07, 6.45) is 9.50. The van der Waals surface area contributed by atoms with Gasteiger partial charge in [-0.25, -0.2) is 9.37 Å². The molecule has 4 rings (SSSR count). The zero-order valence-corrected chi connectivity index (χ0v) is 21.2. The molecule has 0 atom stereocenters. The first-order valence-electron chi connectivity index (χ1n) is 12.7. The van der Waals surface area contributed by atoms with Crippen molar-refractivity contribution in [1.29, 1.82) is 0 Å². The van der Waals surface area contributed by atoms with Gasteiger partial charge >= 0.3 is 0 Å². The molecule has 1 saturated heterocycles. The second-order valence-electron chi connectivity index (χ2n) is 9.41. The molecular formula is C25H36ClFN6O2. The second kappa shape index (κ2) is 12.5. The van der Waals surface area contributed by atoms with Crippen LogP contribution in [-0.2, 0) is 4.79 Å². The van der Waals surface area contributed by atoms with E-state index in [4.69, 9.17) is 21.3 Å². The van der Waals surface area contributed by atoms with E-state index in [1.165, 1.54) is 45.3 Å². The third kappa shape index (κ3) is 6.85. The van der Waals surface area contributed by atoms with Crippen LogP contribution in [0.25, 0.3) is 10.9 Å². The molecule has 35 heavy (non-hydrogen) atoms. The fraction of sp³-hybridized carbons (Fsp3) is 0.640. The van der Waals surface area contributed by atoms with Gasteiger partial charge < -0.3 is 25.6 Å². The molecule has 10 heteroatoms. The first-order valence-corrected chi connectivity index (χ1v) is 13.2. The average molecular weight is 507 g/mol. The summed E-state index contributed by atoms with van der Waals surface area (Å²) in [5, 5.41) is 10.3. The molecule has 0 radical (unpaired) electrons. The van der Waals surface area contributed by atoms with Gasteiger partial charge in [0, 0.05) is 49.7 Å². The summed E-state index contributed by atoms with van der Waals surface area (Å²) in [7, 11) is 1.46. The third-order valence-electron chi connectivity index (χ3n) is 7.01. The number of anilines is 2. The summed E-state index contributed by atoms with van der Waals surface area (Å²) in [6, 6.07) is 4.08. The largest absolute Gasteiger partial charge is 0.494 e. The smallest absolute Gasteiger partial charge is 0.234 e. The number of ether oxygens (including phenoxy) is 1. The van der Waals surface area contributed by atoms with Crippen LogP contribution < -0.4 is 20.7 Å². The van der Waals surface area contributed by atoms with Crippen LogP contribution in [0.15, 0.2) is 12.1 Å². The Morgan fingerprint density at radius 1 is 1.14 bits per heavy atom. The Morgan fingerprint density at radius 3 is 2.63 bits per heavy atom. The van der Waals surface area contributed by atoms with Crippen LogP contribution >= 0.6 is 11.6 Å². The number of nitrogens with zero attached hydrogens (tertiary/aromatic N) is 3. The second-order valence-corrected chi connectivity index (χ2v) is 9.68. The summed E-state index contributed by atoms with van der Waals surface area (Å²) >= 11 is 5.50. The lowest BCUT2D eigenvalue weighted by Gasteiger charge is -2.39. The van der Waals surface area contributed by atoms with Gasteiger partial charge in [-0.3, -0.25) is 4.79 Å². The highest BCUT2D eigenvalue weighted by Crippen LogP contribution is 2.31. The van der Waals surface area contributed by atoms with Gasteiger partial charge in [0.25, 0.3) is 0 Å². The fourth-order valence-corrected chi connectivity index (χ4v) is 5.18. The Kier molecular flexibility index (Phi) is 9.20. The lowest BCUT2D eigenvalue weighted by atomic mass is 9.92. The number of hydrogen-bond acceptors (Lipinski definition) is 7. The normalized spacial score (nSPS) is 17.9. The van der Waals surface area contributed by atoms with Crippen molar-refractivity contribution in [3.63, 3.8) is 0 Å². The lowest BCUT2D eigenvalue weighted by molar-refractivity contribution is -0.118. The van der Waals surface area contributed by atoms with Crippen molar-refractivity contribution in [3.8, 4) is 5.75 Å². The Labute approximate surface area is 211 Å². The highest BCUT2D eigenvalue weighted by Gasteiger charge is 2.27. The van der Waals surface area contributed by atoms with Crippen molar-refractivity contribution in [1.82, 2.24) is 20.2 Å². The number of aromatic nitrogens is 2. The minimum atomic E-state index is -0.458. The van der Waals surface area contributed by atoms with Gasteiger partial charge in [0.15, 0.2) is 11.6 Å². The van der Waals surface area contributed by atoms with E-state index in [1.807, 2.05) is 0 Å². The molecular weight excluding hydrogens is 471 g/mol. The van der Waals surface area contributed by atoms with Crippen LogP contribution in [-0.4, -0.2) is 72.0 Å². The van der Waals surface area contributed by atoms with Crippen LogP contribution in [0.3, 0.4) is 0 Å². The van der Waals surface area contributed by atoms with E-state index in [0.717, 1.165) is 37.4 Å². The Morgan fingerprint density at radius 2 is 1.91 bits per heavy atom. The number of carbonyl (C=O) groups excluding carboxylic acids is 1. The first-order chi connectivity index (χ1) is 17.1. The van der Waals surface area contributed by atoms with E-state index < -0.39 is 5.82 Å². The van der Waals surface area contributed by atoms with Gasteiger partial charge in [-0.05, 0) is 38.2 Å². The number of piperidine rings is 1. The molecule has 1 amide bonds. The van der Waals surface area contributed by atoms with Gasteiger partial charge in [-0.1, -0.05) is 19.3 Å². The zero-order valence-electron chi connectivity index (χ0n) is 20.4.